The number of halogens is 3. The van der Waals surface area contributed by atoms with Gasteiger partial charge in [0.1, 0.15) is 5.76 Å². The largest absolute Gasteiger partial charge is 0.416 e. The third kappa shape index (κ3) is 3.47. The van der Waals surface area contributed by atoms with Crippen LogP contribution in [-0.2, 0) is 22.7 Å². The topological polar surface area (TPSA) is 63.4 Å². The minimum Gasteiger partial charge on any atom is -0.361 e. The Morgan fingerprint density at radius 1 is 1.23 bits per heavy atom. The third-order valence-electron chi connectivity index (χ3n) is 2.95. The molecule has 0 spiro atoms. The van der Waals surface area contributed by atoms with Crippen LogP contribution in [-0.4, -0.2) is 24.9 Å². The highest BCUT2D eigenvalue weighted by Crippen LogP contribution is 2.30. The minimum absolute atomic E-state index is 0.0410. The fourth-order valence-electron chi connectivity index (χ4n) is 1.80. The van der Waals surface area contributed by atoms with Gasteiger partial charge in [-0.15, -0.1) is 0 Å². The van der Waals surface area contributed by atoms with E-state index in [9.17, 15) is 21.6 Å². The Morgan fingerprint density at radius 3 is 2.27 bits per heavy atom. The number of benzene rings is 1. The van der Waals surface area contributed by atoms with Crippen molar-refractivity contribution in [2.75, 3.05) is 7.05 Å². The summed E-state index contributed by atoms with van der Waals surface area (Å²) >= 11 is 0. The summed E-state index contributed by atoms with van der Waals surface area (Å²) in [5.74, 6) is 0.537. The van der Waals surface area contributed by atoms with Crippen molar-refractivity contribution in [3.8, 4) is 0 Å². The molecule has 0 aliphatic rings. The van der Waals surface area contributed by atoms with Crippen LogP contribution in [0.2, 0.25) is 0 Å². The average molecular weight is 334 g/mol. The van der Waals surface area contributed by atoms with E-state index in [-0.39, 0.29) is 11.4 Å². The molecule has 0 radical (unpaired) electrons. The summed E-state index contributed by atoms with van der Waals surface area (Å²) in [6.45, 7) is 1.63. The van der Waals surface area contributed by atoms with Crippen molar-refractivity contribution in [1.29, 1.82) is 0 Å². The van der Waals surface area contributed by atoms with E-state index in [2.05, 4.69) is 5.16 Å². The molecule has 120 valence electrons. The first kappa shape index (κ1) is 16.5. The average Bonchev–Trinajstić information content (AvgIpc) is 2.83. The van der Waals surface area contributed by atoms with Gasteiger partial charge in [0.15, 0.2) is 0 Å². The Hall–Kier alpha value is -1.87. The van der Waals surface area contributed by atoms with E-state index < -0.39 is 21.8 Å². The summed E-state index contributed by atoms with van der Waals surface area (Å²) in [6.07, 6.45) is -4.51. The lowest BCUT2D eigenvalue weighted by Gasteiger charge is -2.16. The fourth-order valence-corrected chi connectivity index (χ4v) is 2.94. The van der Waals surface area contributed by atoms with Crippen LogP contribution in [0.15, 0.2) is 39.8 Å². The number of aromatic nitrogens is 1. The summed E-state index contributed by atoms with van der Waals surface area (Å²) in [5.41, 5.74) is -0.489. The Kier molecular flexibility index (Phi) is 4.30. The monoisotopic (exact) mass is 334 g/mol. The molecular weight excluding hydrogens is 321 g/mol. The first-order chi connectivity index (χ1) is 10.1. The number of hydrogen-bond acceptors (Lipinski definition) is 4. The predicted octanol–water partition coefficient (Wildman–Crippen LogP) is 2.82. The Balaban J connectivity index is 2.22. The molecule has 9 heteroatoms. The lowest BCUT2D eigenvalue weighted by Crippen LogP contribution is -2.26. The summed E-state index contributed by atoms with van der Waals surface area (Å²) in [7, 11) is -2.59. The molecule has 22 heavy (non-hydrogen) atoms. The number of alkyl halides is 3. The maximum absolute atomic E-state index is 12.5. The zero-order chi connectivity index (χ0) is 16.5. The van der Waals surface area contributed by atoms with E-state index in [1.54, 1.807) is 13.0 Å². The van der Waals surface area contributed by atoms with Gasteiger partial charge in [-0.2, -0.15) is 17.5 Å². The van der Waals surface area contributed by atoms with Gasteiger partial charge in [-0.25, -0.2) is 8.42 Å². The van der Waals surface area contributed by atoms with Crippen LogP contribution in [0, 0.1) is 6.92 Å². The maximum atomic E-state index is 12.5. The molecule has 5 nitrogen and oxygen atoms in total. The standard InChI is InChI=1S/C13H13F3N2O3S/c1-9-7-11(17-21-9)8-18(2)22(19,20)12-5-3-10(4-6-12)13(14,15)16/h3-7H,8H2,1-2H3. The SMILES string of the molecule is Cc1cc(CN(C)S(=O)(=O)c2ccc(C(F)(F)F)cc2)no1. The molecule has 0 N–H and O–H groups in total. The Labute approximate surface area is 125 Å². The second-order valence-corrected chi connectivity index (χ2v) is 6.76. The van der Waals surface area contributed by atoms with Gasteiger partial charge in [0.05, 0.1) is 22.7 Å². The highest BCUT2D eigenvalue weighted by Gasteiger charge is 2.31. The summed E-state index contributed by atoms with van der Waals surface area (Å²) in [4.78, 5) is -0.219. The number of nitrogens with zero attached hydrogens (tertiary/aromatic N) is 2. The van der Waals surface area contributed by atoms with Crippen LogP contribution < -0.4 is 0 Å². The number of aryl methyl sites for hydroxylation is 1. The summed E-state index contributed by atoms with van der Waals surface area (Å²) in [5, 5.41) is 3.68. The molecule has 0 aliphatic heterocycles. The van der Waals surface area contributed by atoms with Crippen LogP contribution in [0.25, 0.3) is 0 Å². The van der Waals surface area contributed by atoms with Crippen LogP contribution >= 0.6 is 0 Å². The number of sulfonamides is 1. The highest BCUT2D eigenvalue weighted by molar-refractivity contribution is 7.89. The Bertz CT molecular complexity index is 752. The predicted molar refractivity (Wildman–Crippen MR) is 71.3 cm³/mol. The van der Waals surface area contributed by atoms with Crippen LogP contribution in [0.4, 0.5) is 13.2 Å². The zero-order valence-corrected chi connectivity index (χ0v) is 12.6. The molecule has 0 saturated heterocycles. The molecule has 0 saturated carbocycles. The first-order valence-corrected chi connectivity index (χ1v) is 7.60. The van der Waals surface area contributed by atoms with Gasteiger partial charge in [-0.1, -0.05) is 5.16 Å². The van der Waals surface area contributed by atoms with Crippen molar-refractivity contribution in [3.05, 3.63) is 47.3 Å². The molecule has 0 fully saturated rings. The van der Waals surface area contributed by atoms with Gasteiger partial charge >= 0.3 is 6.18 Å². The van der Waals surface area contributed by atoms with Gasteiger partial charge in [-0.05, 0) is 31.2 Å². The fraction of sp³-hybridized carbons (Fsp3) is 0.308. The van der Waals surface area contributed by atoms with Crippen molar-refractivity contribution in [3.63, 3.8) is 0 Å². The molecule has 1 aromatic heterocycles. The zero-order valence-electron chi connectivity index (χ0n) is 11.8. The second kappa shape index (κ2) is 5.73. The van der Waals surface area contributed by atoms with E-state index in [4.69, 9.17) is 4.52 Å². The lowest BCUT2D eigenvalue weighted by atomic mass is 10.2. The molecule has 1 aromatic carbocycles. The molecule has 0 aliphatic carbocycles. The van der Waals surface area contributed by atoms with Gasteiger partial charge in [0, 0.05) is 13.1 Å². The van der Waals surface area contributed by atoms with Crippen LogP contribution in [0.5, 0.6) is 0 Å². The highest BCUT2D eigenvalue weighted by atomic mass is 32.2. The number of rotatable bonds is 4. The number of hydrogen-bond donors (Lipinski definition) is 0. The van der Waals surface area contributed by atoms with Crippen LogP contribution in [0.1, 0.15) is 17.0 Å². The maximum Gasteiger partial charge on any atom is 0.416 e. The molecular formula is C13H13F3N2O3S. The third-order valence-corrected chi connectivity index (χ3v) is 4.77. The van der Waals surface area contributed by atoms with Gasteiger partial charge < -0.3 is 4.52 Å². The van der Waals surface area contributed by atoms with Crippen molar-refractivity contribution >= 4 is 10.0 Å². The molecule has 0 amide bonds. The smallest absolute Gasteiger partial charge is 0.361 e. The van der Waals surface area contributed by atoms with Gasteiger partial charge in [-0.3, -0.25) is 0 Å². The Morgan fingerprint density at radius 2 is 1.82 bits per heavy atom. The second-order valence-electron chi connectivity index (χ2n) is 4.71. The summed E-state index contributed by atoms with van der Waals surface area (Å²) < 4.78 is 67.9. The van der Waals surface area contributed by atoms with Crippen molar-refractivity contribution < 1.29 is 26.1 Å². The molecule has 2 rings (SSSR count). The normalized spacial score (nSPS) is 12.8. The van der Waals surface area contributed by atoms with Crippen molar-refractivity contribution in [1.82, 2.24) is 9.46 Å². The molecule has 1 heterocycles. The lowest BCUT2D eigenvalue weighted by molar-refractivity contribution is -0.137. The van der Waals surface area contributed by atoms with Gasteiger partial charge in [0.25, 0.3) is 0 Å². The summed E-state index contributed by atoms with van der Waals surface area (Å²) in [6, 6.07) is 4.92. The van der Waals surface area contributed by atoms with E-state index in [1.807, 2.05) is 0 Å². The van der Waals surface area contributed by atoms with E-state index in [1.165, 1.54) is 7.05 Å². The minimum atomic E-state index is -4.51. The molecule has 2 aromatic rings. The van der Waals surface area contributed by atoms with E-state index in [0.29, 0.717) is 11.5 Å². The van der Waals surface area contributed by atoms with Crippen molar-refractivity contribution in [2.24, 2.45) is 0 Å². The van der Waals surface area contributed by atoms with E-state index in [0.717, 1.165) is 28.6 Å². The molecule has 0 unspecified atom stereocenters. The van der Waals surface area contributed by atoms with Crippen molar-refractivity contribution in [2.45, 2.75) is 24.5 Å². The first-order valence-electron chi connectivity index (χ1n) is 6.16. The molecule has 0 atom stereocenters. The molecule has 0 bridgehead atoms. The quantitative estimate of drug-likeness (QED) is 0.862. The van der Waals surface area contributed by atoms with Gasteiger partial charge in [0.2, 0.25) is 10.0 Å². The van der Waals surface area contributed by atoms with Crippen LogP contribution in [0.3, 0.4) is 0 Å². The van der Waals surface area contributed by atoms with E-state index >= 15 is 0 Å².